The van der Waals surface area contributed by atoms with Crippen molar-refractivity contribution in [3.05, 3.63) is 0 Å². The zero-order chi connectivity index (χ0) is 13.8. The van der Waals surface area contributed by atoms with E-state index in [1.54, 1.807) is 6.92 Å². The van der Waals surface area contributed by atoms with Gasteiger partial charge in [0, 0.05) is 12.5 Å². The van der Waals surface area contributed by atoms with E-state index < -0.39 is 24.1 Å². The minimum absolute atomic E-state index is 0.114. The van der Waals surface area contributed by atoms with E-state index in [1.165, 1.54) is 0 Å². The van der Waals surface area contributed by atoms with Crippen LogP contribution < -0.4 is 5.32 Å². The van der Waals surface area contributed by atoms with E-state index in [-0.39, 0.29) is 25.3 Å². The quantitative estimate of drug-likeness (QED) is 0.820. The van der Waals surface area contributed by atoms with Crippen LogP contribution in [0.3, 0.4) is 0 Å². The van der Waals surface area contributed by atoms with E-state index >= 15 is 0 Å². The SMILES string of the molecule is CCC(O)CNC(=O)C1CCCC(C(F)(F)F)C1. The minimum atomic E-state index is -4.21. The topological polar surface area (TPSA) is 49.3 Å². The molecule has 3 nitrogen and oxygen atoms in total. The van der Waals surface area contributed by atoms with Crippen LogP contribution in [0, 0.1) is 11.8 Å². The van der Waals surface area contributed by atoms with Crippen molar-refractivity contribution in [2.75, 3.05) is 6.54 Å². The van der Waals surface area contributed by atoms with Crippen molar-refractivity contribution in [3.8, 4) is 0 Å². The van der Waals surface area contributed by atoms with Gasteiger partial charge in [0.1, 0.15) is 0 Å². The van der Waals surface area contributed by atoms with Gasteiger partial charge in [-0.1, -0.05) is 13.3 Å². The predicted octanol–water partition coefficient (Wildman–Crippen LogP) is 2.24. The highest BCUT2D eigenvalue weighted by Crippen LogP contribution is 2.39. The molecule has 18 heavy (non-hydrogen) atoms. The second-order valence-electron chi connectivity index (χ2n) is 4.91. The van der Waals surface area contributed by atoms with Crippen LogP contribution in [-0.2, 0) is 4.79 Å². The molecular weight excluding hydrogens is 247 g/mol. The van der Waals surface area contributed by atoms with Crippen LogP contribution in [0.2, 0.25) is 0 Å². The second kappa shape index (κ2) is 6.41. The highest BCUT2D eigenvalue weighted by atomic mass is 19.4. The zero-order valence-corrected chi connectivity index (χ0v) is 10.5. The van der Waals surface area contributed by atoms with E-state index in [0.29, 0.717) is 19.3 Å². The molecule has 3 unspecified atom stereocenters. The number of carbonyl (C=O) groups is 1. The number of aliphatic hydroxyl groups is 1. The first-order chi connectivity index (χ1) is 8.34. The molecule has 6 heteroatoms. The Labute approximate surface area is 105 Å². The van der Waals surface area contributed by atoms with Gasteiger partial charge in [0.25, 0.3) is 0 Å². The number of carbonyl (C=O) groups excluding carboxylic acids is 1. The molecule has 0 saturated heterocycles. The van der Waals surface area contributed by atoms with E-state index in [4.69, 9.17) is 0 Å². The van der Waals surface area contributed by atoms with Crippen LogP contribution in [0.1, 0.15) is 39.0 Å². The first-order valence-electron chi connectivity index (χ1n) is 6.37. The number of nitrogens with one attached hydrogen (secondary N) is 1. The summed E-state index contributed by atoms with van der Waals surface area (Å²) < 4.78 is 37.7. The molecule has 0 bridgehead atoms. The summed E-state index contributed by atoms with van der Waals surface area (Å²) in [6, 6.07) is 0. The summed E-state index contributed by atoms with van der Waals surface area (Å²) in [6.07, 6.45) is -3.41. The largest absolute Gasteiger partial charge is 0.391 e. The van der Waals surface area contributed by atoms with Crippen LogP contribution in [0.25, 0.3) is 0 Å². The molecule has 0 aliphatic heterocycles. The Morgan fingerprint density at radius 3 is 2.67 bits per heavy atom. The van der Waals surface area contributed by atoms with Crippen molar-refractivity contribution in [3.63, 3.8) is 0 Å². The van der Waals surface area contributed by atoms with Crippen LogP contribution >= 0.6 is 0 Å². The summed E-state index contributed by atoms with van der Waals surface area (Å²) in [5, 5.41) is 11.8. The van der Waals surface area contributed by atoms with Gasteiger partial charge in [-0.05, 0) is 25.7 Å². The van der Waals surface area contributed by atoms with E-state index in [2.05, 4.69) is 5.32 Å². The third-order valence-corrected chi connectivity index (χ3v) is 3.49. The van der Waals surface area contributed by atoms with Crippen molar-refractivity contribution in [2.24, 2.45) is 11.8 Å². The molecule has 0 spiro atoms. The molecule has 0 aromatic heterocycles. The number of amides is 1. The maximum absolute atomic E-state index is 12.6. The number of alkyl halides is 3. The van der Waals surface area contributed by atoms with E-state index in [1.807, 2.05) is 0 Å². The molecule has 2 N–H and O–H groups in total. The molecule has 1 rings (SSSR count). The van der Waals surface area contributed by atoms with E-state index in [0.717, 1.165) is 0 Å². The Bertz CT molecular complexity index is 281. The van der Waals surface area contributed by atoms with Gasteiger partial charge in [-0.3, -0.25) is 4.79 Å². The van der Waals surface area contributed by atoms with Crippen molar-refractivity contribution in [1.29, 1.82) is 0 Å². The van der Waals surface area contributed by atoms with Crippen molar-refractivity contribution in [2.45, 2.75) is 51.3 Å². The summed E-state index contributed by atoms with van der Waals surface area (Å²) in [5.74, 6) is -2.30. The average Bonchev–Trinajstić information content (AvgIpc) is 2.34. The van der Waals surface area contributed by atoms with Crippen molar-refractivity contribution >= 4 is 5.91 Å². The summed E-state index contributed by atoms with van der Waals surface area (Å²) in [4.78, 5) is 11.7. The molecule has 1 fully saturated rings. The van der Waals surface area contributed by atoms with Crippen LogP contribution in [-0.4, -0.2) is 29.8 Å². The van der Waals surface area contributed by atoms with Gasteiger partial charge in [-0.25, -0.2) is 0 Å². The molecule has 0 radical (unpaired) electrons. The normalized spacial score (nSPS) is 26.7. The molecule has 0 heterocycles. The van der Waals surface area contributed by atoms with Gasteiger partial charge in [0.2, 0.25) is 5.91 Å². The van der Waals surface area contributed by atoms with Gasteiger partial charge in [-0.2, -0.15) is 13.2 Å². The molecule has 1 saturated carbocycles. The van der Waals surface area contributed by atoms with Crippen LogP contribution in [0.15, 0.2) is 0 Å². The molecule has 0 aromatic carbocycles. The third kappa shape index (κ3) is 4.48. The first-order valence-corrected chi connectivity index (χ1v) is 6.37. The highest BCUT2D eigenvalue weighted by Gasteiger charge is 2.43. The molecule has 1 amide bonds. The average molecular weight is 267 g/mol. The third-order valence-electron chi connectivity index (χ3n) is 3.49. The number of halogens is 3. The lowest BCUT2D eigenvalue weighted by atomic mass is 9.80. The minimum Gasteiger partial charge on any atom is -0.391 e. The molecule has 1 aliphatic rings. The molecule has 0 aromatic rings. The lowest BCUT2D eigenvalue weighted by Crippen LogP contribution is -2.40. The Hall–Kier alpha value is -0.780. The highest BCUT2D eigenvalue weighted by molar-refractivity contribution is 5.78. The molecular formula is C12H20F3NO2. The van der Waals surface area contributed by atoms with Gasteiger partial charge >= 0.3 is 6.18 Å². The fraction of sp³-hybridized carbons (Fsp3) is 0.917. The number of rotatable bonds is 4. The van der Waals surface area contributed by atoms with Crippen LogP contribution in [0.5, 0.6) is 0 Å². The Morgan fingerprint density at radius 2 is 2.11 bits per heavy atom. The zero-order valence-electron chi connectivity index (χ0n) is 10.5. The van der Waals surface area contributed by atoms with Crippen molar-refractivity contribution < 1.29 is 23.1 Å². The first kappa shape index (κ1) is 15.3. The maximum atomic E-state index is 12.6. The standard InChI is InChI=1S/C12H20F3NO2/c1-2-10(17)7-16-11(18)8-4-3-5-9(6-8)12(13,14)15/h8-10,17H,2-7H2,1H3,(H,16,18). The number of hydrogen-bond donors (Lipinski definition) is 2. The number of aliphatic hydroxyl groups excluding tert-OH is 1. The second-order valence-corrected chi connectivity index (χ2v) is 4.91. The van der Waals surface area contributed by atoms with Gasteiger partial charge in [-0.15, -0.1) is 0 Å². The fourth-order valence-electron chi connectivity index (χ4n) is 2.23. The monoisotopic (exact) mass is 267 g/mol. The summed E-state index contributed by atoms with van der Waals surface area (Å²) in [5.41, 5.74) is 0. The summed E-state index contributed by atoms with van der Waals surface area (Å²) >= 11 is 0. The predicted molar refractivity (Wildman–Crippen MR) is 60.8 cm³/mol. The smallest absolute Gasteiger partial charge is 0.391 e. The van der Waals surface area contributed by atoms with Gasteiger partial charge < -0.3 is 10.4 Å². The Balaban J connectivity index is 2.44. The molecule has 1 aliphatic carbocycles. The molecule has 106 valence electrons. The fourth-order valence-corrected chi connectivity index (χ4v) is 2.23. The maximum Gasteiger partial charge on any atom is 0.391 e. The Morgan fingerprint density at radius 1 is 1.44 bits per heavy atom. The lowest BCUT2D eigenvalue weighted by molar-refractivity contribution is -0.186. The van der Waals surface area contributed by atoms with Crippen molar-refractivity contribution in [1.82, 2.24) is 5.32 Å². The summed E-state index contributed by atoms with van der Waals surface area (Å²) in [7, 11) is 0. The van der Waals surface area contributed by atoms with Crippen LogP contribution in [0.4, 0.5) is 13.2 Å². The molecule has 3 atom stereocenters. The van der Waals surface area contributed by atoms with E-state index in [9.17, 15) is 23.1 Å². The Kier molecular flexibility index (Phi) is 5.44. The van der Waals surface area contributed by atoms with Gasteiger partial charge in [0.15, 0.2) is 0 Å². The van der Waals surface area contributed by atoms with Gasteiger partial charge in [0.05, 0.1) is 12.0 Å². The number of hydrogen-bond acceptors (Lipinski definition) is 2. The summed E-state index contributed by atoms with van der Waals surface area (Å²) in [6.45, 7) is 1.89. The lowest BCUT2D eigenvalue weighted by Gasteiger charge is -2.29.